The second kappa shape index (κ2) is 8.25. The van der Waals surface area contributed by atoms with E-state index in [1.54, 1.807) is 0 Å². The van der Waals surface area contributed by atoms with E-state index < -0.39 is 0 Å². The number of piperazine rings is 1. The van der Waals surface area contributed by atoms with Gasteiger partial charge in [-0.05, 0) is 30.9 Å². The van der Waals surface area contributed by atoms with Crippen molar-refractivity contribution in [2.24, 2.45) is 5.92 Å². The van der Waals surface area contributed by atoms with Gasteiger partial charge in [-0.25, -0.2) is 0 Å². The first-order chi connectivity index (χ1) is 8.88. The molecule has 1 atom stereocenters. The predicted octanol–water partition coefficient (Wildman–Crippen LogP) is 2.36. The smallest absolute Gasteiger partial charge is 0.129 e. The second-order valence-corrected chi connectivity index (χ2v) is 5.38. The second-order valence-electron chi connectivity index (χ2n) is 5.38. The number of nitrogens with zero attached hydrogens (tertiary/aromatic N) is 1. The normalized spacial score (nSPS) is 21.4. The van der Waals surface area contributed by atoms with Crippen LogP contribution in [0.3, 0.4) is 0 Å². The third-order valence-corrected chi connectivity index (χ3v) is 4.27. The number of hydrogen-bond acceptors (Lipinski definition) is 4. The maximum Gasteiger partial charge on any atom is 0.129 e. The van der Waals surface area contributed by atoms with Crippen molar-refractivity contribution >= 4 is 24.8 Å². The van der Waals surface area contributed by atoms with E-state index in [4.69, 9.17) is 9.52 Å². The minimum atomic E-state index is -0.00105. The number of furan rings is 1. The highest BCUT2D eigenvalue weighted by Gasteiger charge is 2.35. The van der Waals surface area contributed by atoms with Crippen molar-refractivity contribution in [1.29, 1.82) is 0 Å². The summed E-state index contributed by atoms with van der Waals surface area (Å²) in [7, 11) is 0. The highest BCUT2D eigenvalue weighted by Crippen LogP contribution is 2.41. The highest BCUT2D eigenvalue weighted by atomic mass is 35.5. The van der Waals surface area contributed by atoms with E-state index in [1.165, 1.54) is 19.3 Å². The molecule has 0 spiro atoms. The Labute approximate surface area is 132 Å². The first-order valence-corrected chi connectivity index (χ1v) is 7.02. The van der Waals surface area contributed by atoms with E-state index in [0.29, 0.717) is 11.8 Å². The monoisotopic (exact) mass is 322 g/mol. The lowest BCUT2D eigenvalue weighted by molar-refractivity contribution is 0.0663. The largest absolute Gasteiger partial charge is 0.462 e. The fraction of sp³-hybridized carbons (Fsp3) is 0.714. The van der Waals surface area contributed by atoms with Gasteiger partial charge in [-0.1, -0.05) is 6.42 Å². The standard InChI is InChI=1S/C14H22N2O2.2ClH/c17-10-12-4-5-13(18-12)14(11-2-1-3-11)16-8-6-15-7-9-16;;/h4-5,11,14-15,17H,1-3,6-10H2;2*1H/t14-;;/m0../s1. The van der Waals surface area contributed by atoms with Gasteiger partial charge in [0.15, 0.2) is 0 Å². The molecule has 20 heavy (non-hydrogen) atoms. The van der Waals surface area contributed by atoms with Crippen LogP contribution >= 0.6 is 24.8 Å². The van der Waals surface area contributed by atoms with Crippen LogP contribution in [-0.2, 0) is 6.61 Å². The summed E-state index contributed by atoms with van der Waals surface area (Å²) < 4.78 is 5.79. The highest BCUT2D eigenvalue weighted by molar-refractivity contribution is 5.85. The van der Waals surface area contributed by atoms with Crippen molar-refractivity contribution in [3.8, 4) is 0 Å². The van der Waals surface area contributed by atoms with Crippen LogP contribution in [0.25, 0.3) is 0 Å². The Morgan fingerprint density at radius 3 is 2.45 bits per heavy atom. The molecule has 0 unspecified atom stereocenters. The quantitative estimate of drug-likeness (QED) is 0.893. The summed E-state index contributed by atoms with van der Waals surface area (Å²) in [6.45, 7) is 4.32. The van der Waals surface area contributed by atoms with Gasteiger partial charge in [0.2, 0.25) is 0 Å². The molecule has 6 heteroatoms. The van der Waals surface area contributed by atoms with Crippen LogP contribution in [-0.4, -0.2) is 36.2 Å². The molecule has 2 N–H and O–H groups in total. The van der Waals surface area contributed by atoms with Crippen LogP contribution in [0.1, 0.15) is 36.8 Å². The molecule has 1 aromatic heterocycles. The molecule has 1 aromatic rings. The summed E-state index contributed by atoms with van der Waals surface area (Å²) in [6.07, 6.45) is 3.97. The van der Waals surface area contributed by atoms with Crippen molar-refractivity contribution in [1.82, 2.24) is 10.2 Å². The minimum Gasteiger partial charge on any atom is -0.462 e. The van der Waals surface area contributed by atoms with Gasteiger partial charge in [0.1, 0.15) is 18.1 Å². The van der Waals surface area contributed by atoms with E-state index in [2.05, 4.69) is 16.3 Å². The molecule has 116 valence electrons. The van der Waals surface area contributed by atoms with E-state index in [1.807, 2.05) is 6.07 Å². The number of aliphatic hydroxyl groups excluding tert-OH is 1. The molecule has 1 aliphatic carbocycles. The molecule has 0 aromatic carbocycles. The molecule has 3 rings (SSSR count). The fourth-order valence-electron chi connectivity index (χ4n) is 3.06. The van der Waals surface area contributed by atoms with E-state index in [-0.39, 0.29) is 31.4 Å². The molecular weight excluding hydrogens is 299 g/mol. The maximum absolute atomic E-state index is 9.14. The zero-order valence-corrected chi connectivity index (χ0v) is 13.2. The first-order valence-electron chi connectivity index (χ1n) is 7.02. The molecule has 0 amide bonds. The molecule has 1 saturated carbocycles. The van der Waals surface area contributed by atoms with Crippen LogP contribution in [0.2, 0.25) is 0 Å². The van der Waals surface area contributed by atoms with E-state index in [9.17, 15) is 0 Å². The summed E-state index contributed by atoms with van der Waals surface area (Å²) in [4.78, 5) is 2.54. The van der Waals surface area contributed by atoms with Crippen LogP contribution in [0.4, 0.5) is 0 Å². The van der Waals surface area contributed by atoms with Crippen molar-refractivity contribution in [2.75, 3.05) is 26.2 Å². The molecule has 1 saturated heterocycles. The van der Waals surface area contributed by atoms with Gasteiger partial charge in [0.25, 0.3) is 0 Å². The Hall–Kier alpha value is -0.260. The number of nitrogens with one attached hydrogen (secondary N) is 1. The fourth-order valence-corrected chi connectivity index (χ4v) is 3.06. The van der Waals surface area contributed by atoms with Crippen molar-refractivity contribution < 1.29 is 9.52 Å². The minimum absolute atomic E-state index is 0. The predicted molar refractivity (Wildman–Crippen MR) is 83.7 cm³/mol. The zero-order valence-electron chi connectivity index (χ0n) is 11.6. The average Bonchev–Trinajstić information content (AvgIpc) is 2.83. The molecule has 2 heterocycles. The van der Waals surface area contributed by atoms with E-state index >= 15 is 0 Å². The first kappa shape index (κ1) is 17.8. The lowest BCUT2D eigenvalue weighted by Crippen LogP contribution is -2.47. The van der Waals surface area contributed by atoms with E-state index in [0.717, 1.165) is 37.9 Å². The van der Waals surface area contributed by atoms with Crippen molar-refractivity contribution in [2.45, 2.75) is 31.9 Å². The molecule has 0 bridgehead atoms. The Morgan fingerprint density at radius 1 is 1.25 bits per heavy atom. The zero-order chi connectivity index (χ0) is 12.4. The van der Waals surface area contributed by atoms with Gasteiger partial charge in [0, 0.05) is 26.2 Å². The number of hydrogen-bond donors (Lipinski definition) is 2. The lowest BCUT2D eigenvalue weighted by Gasteiger charge is -2.41. The summed E-state index contributed by atoms with van der Waals surface area (Å²) in [5.41, 5.74) is 0. The summed E-state index contributed by atoms with van der Waals surface area (Å²) in [6, 6.07) is 4.38. The summed E-state index contributed by atoms with van der Waals surface area (Å²) >= 11 is 0. The van der Waals surface area contributed by atoms with Gasteiger partial charge >= 0.3 is 0 Å². The molecule has 4 nitrogen and oxygen atoms in total. The average molecular weight is 323 g/mol. The summed E-state index contributed by atoms with van der Waals surface area (Å²) in [5, 5.41) is 12.5. The van der Waals surface area contributed by atoms with Crippen LogP contribution < -0.4 is 5.32 Å². The number of halogens is 2. The molecule has 1 aliphatic heterocycles. The molecule has 2 aliphatic rings. The summed E-state index contributed by atoms with van der Waals surface area (Å²) in [5.74, 6) is 2.47. The molecule has 2 fully saturated rings. The Morgan fingerprint density at radius 2 is 1.95 bits per heavy atom. The van der Waals surface area contributed by atoms with Gasteiger partial charge < -0.3 is 14.8 Å². The van der Waals surface area contributed by atoms with Crippen LogP contribution in [0, 0.1) is 5.92 Å². The van der Waals surface area contributed by atoms with Gasteiger partial charge in [-0.3, -0.25) is 4.90 Å². The van der Waals surface area contributed by atoms with Crippen molar-refractivity contribution in [3.05, 3.63) is 23.7 Å². The number of aliphatic hydroxyl groups is 1. The van der Waals surface area contributed by atoms with Crippen LogP contribution in [0.15, 0.2) is 16.5 Å². The third kappa shape index (κ3) is 3.68. The molecular formula is C14H24Cl2N2O2. The topological polar surface area (TPSA) is 48.6 Å². The maximum atomic E-state index is 9.14. The van der Waals surface area contributed by atoms with Crippen LogP contribution in [0.5, 0.6) is 0 Å². The van der Waals surface area contributed by atoms with Crippen molar-refractivity contribution in [3.63, 3.8) is 0 Å². The Kier molecular flexibility index (Phi) is 7.34. The lowest BCUT2D eigenvalue weighted by atomic mass is 9.78. The molecule has 0 radical (unpaired) electrons. The van der Waals surface area contributed by atoms with Gasteiger partial charge in [0.05, 0.1) is 6.04 Å². The SMILES string of the molecule is Cl.Cl.OCc1ccc([C@H](C2CCC2)N2CCNCC2)o1. The number of rotatable bonds is 4. The van der Waals surface area contributed by atoms with Gasteiger partial charge in [-0.2, -0.15) is 0 Å². The van der Waals surface area contributed by atoms with Gasteiger partial charge in [-0.15, -0.1) is 24.8 Å². The Bertz CT molecular complexity index is 390. The Balaban J connectivity index is 0.000001000. The third-order valence-electron chi connectivity index (χ3n) is 4.27.